The molecule has 0 saturated heterocycles. The molecule has 1 aliphatic rings. The average molecular weight is 694 g/mol. The number of para-hydroxylation sites is 1. The van der Waals surface area contributed by atoms with E-state index in [4.69, 9.17) is 0 Å². The summed E-state index contributed by atoms with van der Waals surface area (Å²) in [6.07, 6.45) is -4.36. The second-order valence-electron chi connectivity index (χ2n) is 4.98. The van der Waals surface area contributed by atoms with Crippen molar-refractivity contribution in [1.29, 1.82) is 0 Å². The molecule has 0 unspecified atom stereocenters. The Balaban J connectivity index is 0.00000176. The van der Waals surface area contributed by atoms with Crippen LogP contribution in [0.4, 0.5) is 30.2 Å². The van der Waals surface area contributed by atoms with E-state index in [0.717, 1.165) is 16.6 Å². The van der Waals surface area contributed by atoms with Gasteiger partial charge >= 0.3 is 6.18 Å². The van der Waals surface area contributed by atoms with E-state index >= 15 is 0 Å². The van der Waals surface area contributed by atoms with Crippen LogP contribution in [0.25, 0.3) is 0 Å². The molecule has 24 heavy (non-hydrogen) atoms. The lowest BCUT2D eigenvalue weighted by molar-refractivity contribution is -0.137. The normalized spacial score (nSPS) is 11.5. The minimum Gasteiger partial charge on any atom is -0.378 e. The highest BCUT2D eigenvalue weighted by Crippen LogP contribution is 2.49. The van der Waals surface area contributed by atoms with Gasteiger partial charge < -0.3 is 10.2 Å². The Morgan fingerprint density at radius 2 is 1.62 bits per heavy atom. The van der Waals surface area contributed by atoms with Crippen molar-refractivity contribution in [3.05, 3.63) is 42.0 Å². The van der Waals surface area contributed by atoms with Gasteiger partial charge in [0.25, 0.3) is 0 Å². The van der Waals surface area contributed by atoms with Crippen molar-refractivity contribution in [3.63, 3.8) is 0 Å². The maximum atomic E-state index is 13.1. The quantitative estimate of drug-likeness (QED) is 0.282. The van der Waals surface area contributed by atoms with Gasteiger partial charge in [0.2, 0.25) is 0 Å². The summed E-state index contributed by atoms with van der Waals surface area (Å²) in [7, 11) is 3.86. The zero-order valence-electron chi connectivity index (χ0n) is 12.7. The summed E-state index contributed by atoms with van der Waals surface area (Å²) < 4.78 is 39.2. The molecule has 0 fully saturated rings. The lowest BCUT2D eigenvalue weighted by atomic mass is 10.1. The molecule has 0 aromatic heterocycles. The molecule has 0 saturated carbocycles. The molecule has 0 radical (unpaired) electrons. The van der Waals surface area contributed by atoms with Gasteiger partial charge in [-0.05, 0) is 30.3 Å². The molecule has 0 amide bonds. The Bertz CT molecular complexity index is 709. The molecule has 9 heteroatoms. The number of halogens is 6. The fourth-order valence-electron chi connectivity index (χ4n) is 2.21. The summed E-state index contributed by atoms with van der Waals surface area (Å²) in [6, 6.07) is 9.91. The third kappa shape index (κ3) is 4.96. The first kappa shape index (κ1) is 24.4. The first-order valence-electron chi connectivity index (χ1n) is 6.33. The molecule has 0 bridgehead atoms. The molecule has 0 atom stereocenters. The molecule has 2 aromatic rings. The Morgan fingerprint density at radius 3 is 2.21 bits per heavy atom. The highest BCUT2D eigenvalue weighted by atomic mass is 127. The molecule has 0 spiro atoms. The molecular weight excluding hydrogens is 678 g/mol. The second kappa shape index (κ2) is 9.35. The SMILES string of the molecule is CN(C)c1ccc2c(c1)Sc1cccc(C(F)(F)F)c1N2.I.I.I. The standard InChI is InChI=1S/C15H13F3N2S.3HI/c1-20(2)9-6-7-11-13(8-9)21-12-5-3-4-10(14(12)19-11)15(16,17)18;;;/h3-8,19H,1-2H3;3*1H. The molecular formula is C15H16F3I3N2S. The van der Waals surface area contributed by atoms with Crippen molar-refractivity contribution in [2.75, 3.05) is 24.3 Å². The molecule has 0 aliphatic carbocycles. The zero-order chi connectivity index (χ0) is 15.2. The van der Waals surface area contributed by atoms with Gasteiger partial charge in [-0.3, -0.25) is 0 Å². The Labute approximate surface area is 194 Å². The number of alkyl halides is 3. The molecule has 1 aliphatic heterocycles. The van der Waals surface area contributed by atoms with E-state index in [-0.39, 0.29) is 77.6 Å². The van der Waals surface area contributed by atoms with Gasteiger partial charge in [0.05, 0.1) is 16.9 Å². The van der Waals surface area contributed by atoms with Crippen LogP contribution in [-0.4, -0.2) is 14.1 Å². The maximum absolute atomic E-state index is 13.1. The number of nitrogens with zero attached hydrogens (tertiary/aromatic N) is 1. The number of rotatable bonds is 1. The lowest BCUT2D eigenvalue weighted by Crippen LogP contribution is -2.12. The Kier molecular flexibility index (Phi) is 9.49. The van der Waals surface area contributed by atoms with Crippen LogP contribution in [0.2, 0.25) is 0 Å². The van der Waals surface area contributed by atoms with Crippen molar-refractivity contribution in [2.24, 2.45) is 0 Å². The van der Waals surface area contributed by atoms with Crippen LogP contribution < -0.4 is 10.2 Å². The van der Waals surface area contributed by atoms with Crippen molar-refractivity contribution in [2.45, 2.75) is 16.0 Å². The van der Waals surface area contributed by atoms with E-state index in [1.807, 2.05) is 37.2 Å². The third-order valence-electron chi connectivity index (χ3n) is 3.29. The van der Waals surface area contributed by atoms with E-state index in [1.54, 1.807) is 6.07 Å². The zero-order valence-corrected chi connectivity index (χ0v) is 20.5. The van der Waals surface area contributed by atoms with Crippen LogP contribution in [0.1, 0.15) is 5.56 Å². The highest BCUT2D eigenvalue weighted by molar-refractivity contribution is 14.0. The summed E-state index contributed by atoms with van der Waals surface area (Å²) in [5.41, 5.74) is 1.23. The van der Waals surface area contributed by atoms with Gasteiger partial charge in [0, 0.05) is 29.6 Å². The van der Waals surface area contributed by atoms with Crippen LogP contribution in [0.3, 0.4) is 0 Å². The van der Waals surface area contributed by atoms with E-state index < -0.39 is 11.7 Å². The van der Waals surface area contributed by atoms with Crippen LogP contribution in [-0.2, 0) is 6.18 Å². The van der Waals surface area contributed by atoms with E-state index in [2.05, 4.69) is 5.32 Å². The van der Waals surface area contributed by atoms with Crippen LogP contribution in [0, 0.1) is 0 Å². The smallest absolute Gasteiger partial charge is 0.378 e. The van der Waals surface area contributed by atoms with Gasteiger partial charge in [-0.15, -0.1) is 71.9 Å². The predicted molar refractivity (Wildman–Crippen MR) is 126 cm³/mol. The molecule has 2 aromatic carbocycles. The van der Waals surface area contributed by atoms with Crippen LogP contribution in [0.5, 0.6) is 0 Å². The average Bonchev–Trinajstić information content (AvgIpc) is 2.42. The van der Waals surface area contributed by atoms with Gasteiger partial charge in [-0.25, -0.2) is 0 Å². The molecule has 1 N–H and O–H groups in total. The Hall–Kier alpha value is 0.370. The molecule has 2 nitrogen and oxygen atoms in total. The number of hydrogen-bond donors (Lipinski definition) is 1. The number of benzene rings is 2. The number of anilines is 3. The van der Waals surface area contributed by atoms with Crippen LogP contribution >= 0.6 is 83.7 Å². The van der Waals surface area contributed by atoms with Crippen LogP contribution in [0.15, 0.2) is 46.2 Å². The monoisotopic (exact) mass is 694 g/mol. The van der Waals surface area contributed by atoms with Gasteiger partial charge in [0.1, 0.15) is 0 Å². The third-order valence-corrected chi connectivity index (χ3v) is 4.41. The lowest BCUT2D eigenvalue weighted by Gasteiger charge is -2.25. The fourth-order valence-corrected chi connectivity index (χ4v) is 3.27. The van der Waals surface area contributed by atoms with Gasteiger partial charge in [0.15, 0.2) is 0 Å². The number of fused-ring (bicyclic) bond motifs is 2. The number of nitrogens with one attached hydrogen (secondary N) is 1. The van der Waals surface area contributed by atoms with Gasteiger partial charge in [-0.1, -0.05) is 17.8 Å². The van der Waals surface area contributed by atoms with E-state index in [0.29, 0.717) is 10.6 Å². The van der Waals surface area contributed by atoms with Crippen molar-refractivity contribution >= 4 is 101 Å². The number of hydrogen-bond acceptors (Lipinski definition) is 3. The summed E-state index contributed by atoms with van der Waals surface area (Å²) in [6.45, 7) is 0. The summed E-state index contributed by atoms with van der Waals surface area (Å²) >= 11 is 1.36. The first-order valence-corrected chi connectivity index (χ1v) is 7.14. The first-order chi connectivity index (χ1) is 9.86. The van der Waals surface area contributed by atoms with Crippen molar-refractivity contribution in [1.82, 2.24) is 0 Å². The maximum Gasteiger partial charge on any atom is 0.418 e. The van der Waals surface area contributed by atoms with Gasteiger partial charge in [-0.2, -0.15) is 13.2 Å². The minimum atomic E-state index is -4.36. The predicted octanol–water partition coefficient (Wildman–Crippen LogP) is 6.83. The van der Waals surface area contributed by atoms with Crippen molar-refractivity contribution in [3.8, 4) is 0 Å². The van der Waals surface area contributed by atoms with Crippen molar-refractivity contribution < 1.29 is 13.2 Å². The summed E-state index contributed by atoms with van der Waals surface area (Å²) in [5, 5.41) is 2.92. The fraction of sp³-hybridized carbons (Fsp3) is 0.200. The minimum absolute atomic E-state index is 0. The largest absolute Gasteiger partial charge is 0.418 e. The topological polar surface area (TPSA) is 15.3 Å². The van der Waals surface area contributed by atoms with E-state index in [1.165, 1.54) is 17.8 Å². The molecule has 134 valence electrons. The Morgan fingerprint density at radius 1 is 0.958 bits per heavy atom. The van der Waals surface area contributed by atoms with E-state index in [9.17, 15) is 13.2 Å². The summed E-state index contributed by atoms with van der Waals surface area (Å²) in [4.78, 5) is 3.48. The highest BCUT2D eigenvalue weighted by Gasteiger charge is 2.35. The second-order valence-corrected chi connectivity index (χ2v) is 6.06. The molecule has 1 heterocycles. The summed E-state index contributed by atoms with van der Waals surface area (Å²) in [5.74, 6) is 0. The molecule has 3 rings (SSSR count).